The van der Waals surface area contributed by atoms with Crippen molar-refractivity contribution in [3.05, 3.63) is 22.4 Å². The molecule has 0 aliphatic carbocycles. The molecule has 17 heavy (non-hydrogen) atoms. The smallest absolute Gasteiger partial charge is 0.264 e. The maximum absolute atomic E-state index is 12.3. The van der Waals surface area contributed by atoms with Crippen LogP contribution in [0.2, 0.25) is 0 Å². The molecule has 0 N–H and O–H groups in total. The molecular formula is C13H18N2OS. The van der Waals surface area contributed by atoms with Gasteiger partial charge in [-0.1, -0.05) is 12.5 Å². The van der Waals surface area contributed by atoms with Gasteiger partial charge in [-0.3, -0.25) is 9.69 Å². The molecule has 1 amide bonds. The zero-order valence-corrected chi connectivity index (χ0v) is 10.8. The minimum atomic E-state index is 0.227. The van der Waals surface area contributed by atoms with Crippen molar-refractivity contribution in [1.29, 1.82) is 0 Å². The average Bonchev–Trinajstić information content (AvgIpc) is 2.91. The highest BCUT2D eigenvalue weighted by Gasteiger charge is 2.31. The second-order valence-electron chi connectivity index (χ2n) is 4.91. The predicted octanol–water partition coefficient (Wildman–Crippen LogP) is 2.06. The van der Waals surface area contributed by atoms with Crippen LogP contribution < -0.4 is 0 Å². The van der Waals surface area contributed by atoms with Crippen molar-refractivity contribution in [2.24, 2.45) is 0 Å². The van der Waals surface area contributed by atoms with Crippen LogP contribution in [-0.4, -0.2) is 47.9 Å². The summed E-state index contributed by atoms with van der Waals surface area (Å²) in [4.78, 5) is 17.7. The van der Waals surface area contributed by atoms with Gasteiger partial charge in [0.15, 0.2) is 0 Å². The van der Waals surface area contributed by atoms with Crippen molar-refractivity contribution in [2.45, 2.75) is 25.3 Å². The molecule has 4 heteroatoms. The Hall–Kier alpha value is -0.870. The van der Waals surface area contributed by atoms with E-state index in [0.717, 1.165) is 24.5 Å². The number of carbonyl (C=O) groups is 1. The van der Waals surface area contributed by atoms with Crippen LogP contribution in [0.15, 0.2) is 17.5 Å². The second kappa shape index (κ2) is 4.78. The van der Waals surface area contributed by atoms with Gasteiger partial charge in [0.2, 0.25) is 0 Å². The lowest BCUT2D eigenvalue weighted by molar-refractivity contribution is 0.0376. The zero-order chi connectivity index (χ0) is 11.7. The van der Waals surface area contributed by atoms with E-state index in [0.29, 0.717) is 6.04 Å². The predicted molar refractivity (Wildman–Crippen MR) is 69.4 cm³/mol. The molecule has 92 valence electrons. The van der Waals surface area contributed by atoms with Gasteiger partial charge >= 0.3 is 0 Å². The van der Waals surface area contributed by atoms with Crippen molar-refractivity contribution < 1.29 is 4.79 Å². The summed E-state index contributed by atoms with van der Waals surface area (Å²) < 4.78 is 0. The monoisotopic (exact) mass is 250 g/mol. The molecule has 2 fully saturated rings. The highest BCUT2D eigenvalue weighted by molar-refractivity contribution is 7.12. The van der Waals surface area contributed by atoms with Crippen molar-refractivity contribution in [1.82, 2.24) is 9.80 Å². The molecule has 0 saturated carbocycles. The largest absolute Gasteiger partial charge is 0.335 e. The molecule has 0 bridgehead atoms. The van der Waals surface area contributed by atoms with E-state index in [2.05, 4.69) is 4.90 Å². The molecule has 3 nitrogen and oxygen atoms in total. The number of hydrogen-bond donors (Lipinski definition) is 0. The molecule has 2 aliphatic heterocycles. The number of piperazine rings is 1. The number of rotatable bonds is 1. The molecule has 1 unspecified atom stereocenters. The number of carbonyl (C=O) groups excluding carboxylic acids is 1. The fraction of sp³-hybridized carbons (Fsp3) is 0.615. The molecule has 1 atom stereocenters. The summed E-state index contributed by atoms with van der Waals surface area (Å²) in [6.45, 7) is 4.11. The maximum atomic E-state index is 12.3. The van der Waals surface area contributed by atoms with Crippen LogP contribution in [0.5, 0.6) is 0 Å². The third kappa shape index (κ3) is 2.24. The number of hydrogen-bond acceptors (Lipinski definition) is 3. The molecule has 1 aromatic rings. The maximum Gasteiger partial charge on any atom is 0.264 e. The zero-order valence-electron chi connectivity index (χ0n) is 9.97. The highest BCUT2D eigenvalue weighted by atomic mass is 32.1. The number of thiophene rings is 1. The lowest BCUT2D eigenvalue weighted by atomic mass is 9.99. The van der Waals surface area contributed by atoms with Crippen LogP contribution >= 0.6 is 11.3 Å². The molecular weight excluding hydrogens is 232 g/mol. The van der Waals surface area contributed by atoms with E-state index in [1.165, 1.54) is 25.8 Å². The van der Waals surface area contributed by atoms with Gasteiger partial charge in [0.25, 0.3) is 5.91 Å². The third-order valence-electron chi connectivity index (χ3n) is 3.86. The van der Waals surface area contributed by atoms with E-state index in [1.807, 2.05) is 22.4 Å². The van der Waals surface area contributed by atoms with Crippen LogP contribution in [0.4, 0.5) is 0 Å². The highest BCUT2D eigenvalue weighted by Crippen LogP contribution is 2.22. The summed E-state index contributed by atoms with van der Waals surface area (Å²) in [6.07, 6.45) is 3.91. The van der Waals surface area contributed by atoms with Gasteiger partial charge < -0.3 is 4.90 Å². The number of amides is 1. The minimum absolute atomic E-state index is 0.227. The Morgan fingerprint density at radius 1 is 1.29 bits per heavy atom. The van der Waals surface area contributed by atoms with Crippen LogP contribution in [0, 0.1) is 0 Å². The Balaban J connectivity index is 1.67. The minimum Gasteiger partial charge on any atom is -0.335 e. The molecule has 3 heterocycles. The first kappa shape index (κ1) is 11.2. The van der Waals surface area contributed by atoms with Crippen molar-refractivity contribution in [3.8, 4) is 0 Å². The molecule has 0 aromatic carbocycles. The van der Waals surface area contributed by atoms with E-state index >= 15 is 0 Å². The number of fused-ring (bicyclic) bond motifs is 1. The topological polar surface area (TPSA) is 23.6 Å². The Kier molecular flexibility index (Phi) is 3.16. The second-order valence-corrected chi connectivity index (χ2v) is 5.86. The summed E-state index contributed by atoms with van der Waals surface area (Å²) in [5, 5.41) is 1.98. The van der Waals surface area contributed by atoms with E-state index in [4.69, 9.17) is 0 Å². The Labute approximate surface area is 106 Å². The quantitative estimate of drug-likeness (QED) is 0.761. The lowest BCUT2D eigenvalue weighted by Crippen LogP contribution is -2.56. The molecule has 1 aromatic heterocycles. The number of nitrogens with zero attached hydrogens (tertiary/aromatic N) is 2. The summed E-state index contributed by atoms with van der Waals surface area (Å²) in [5.74, 6) is 0.227. The van der Waals surface area contributed by atoms with Crippen LogP contribution in [0.1, 0.15) is 28.9 Å². The van der Waals surface area contributed by atoms with Gasteiger partial charge in [-0.15, -0.1) is 11.3 Å². The van der Waals surface area contributed by atoms with Crippen LogP contribution in [0.25, 0.3) is 0 Å². The van der Waals surface area contributed by atoms with Crippen molar-refractivity contribution >= 4 is 17.2 Å². The van der Waals surface area contributed by atoms with Gasteiger partial charge in [0, 0.05) is 25.7 Å². The van der Waals surface area contributed by atoms with Crippen LogP contribution in [0.3, 0.4) is 0 Å². The first-order valence-electron chi connectivity index (χ1n) is 6.41. The fourth-order valence-electron chi connectivity index (χ4n) is 2.90. The van der Waals surface area contributed by atoms with E-state index in [-0.39, 0.29) is 5.91 Å². The number of piperidine rings is 1. The average molecular weight is 250 g/mol. The van der Waals surface area contributed by atoms with E-state index in [9.17, 15) is 4.79 Å². The van der Waals surface area contributed by atoms with Gasteiger partial charge in [-0.25, -0.2) is 0 Å². The summed E-state index contributed by atoms with van der Waals surface area (Å²) in [7, 11) is 0. The molecule has 0 radical (unpaired) electrons. The molecule has 2 saturated heterocycles. The Morgan fingerprint density at radius 3 is 3.06 bits per heavy atom. The van der Waals surface area contributed by atoms with E-state index in [1.54, 1.807) is 11.3 Å². The van der Waals surface area contributed by atoms with Crippen molar-refractivity contribution in [2.75, 3.05) is 26.2 Å². The van der Waals surface area contributed by atoms with Gasteiger partial charge in [0.05, 0.1) is 4.88 Å². The summed E-state index contributed by atoms with van der Waals surface area (Å²) >= 11 is 1.55. The molecule has 3 rings (SSSR count). The third-order valence-corrected chi connectivity index (χ3v) is 4.71. The SMILES string of the molecule is O=C(c1cccs1)N1CCN2CCCCC2C1. The Morgan fingerprint density at radius 2 is 2.24 bits per heavy atom. The van der Waals surface area contributed by atoms with Gasteiger partial charge in [-0.2, -0.15) is 0 Å². The Bertz CT molecular complexity index is 390. The van der Waals surface area contributed by atoms with Gasteiger partial charge in [-0.05, 0) is 30.8 Å². The lowest BCUT2D eigenvalue weighted by Gasteiger charge is -2.43. The molecule has 2 aliphatic rings. The van der Waals surface area contributed by atoms with Crippen LogP contribution in [-0.2, 0) is 0 Å². The van der Waals surface area contributed by atoms with Gasteiger partial charge in [0.1, 0.15) is 0 Å². The normalized spacial score (nSPS) is 25.6. The first-order valence-corrected chi connectivity index (χ1v) is 7.29. The van der Waals surface area contributed by atoms with Crippen molar-refractivity contribution in [3.63, 3.8) is 0 Å². The molecule has 0 spiro atoms. The summed E-state index contributed by atoms with van der Waals surface area (Å²) in [6, 6.07) is 4.50. The first-order chi connectivity index (χ1) is 8.34. The summed E-state index contributed by atoms with van der Waals surface area (Å²) in [5.41, 5.74) is 0. The fourth-order valence-corrected chi connectivity index (χ4v) is 3.59. The van der Waals surface area contributed by atoms with E-state index < -0.39 is 0 Å². The standard InChI is InChI=1S/C13H18N2OS/c16-13(12-5-3-9-17-12)15-8-7-14-6-2-1-4-11(14)10-15/h3,5,9,11H,1-2,4,6-8,10H2.